The van der Waals surface area contributed by atoms with E-state index >= 15 is 0 Å². The van der Waals surface area contributed by atoms with Gasteiger partial charge in [0.2, 0.25) is 0 Å². The summed E-state index contributed by atoms with van der Waals surface area (Å²) in [6.07, 6.45) is -0.175. The van der Waals surface area contributed by atoms with Crippen LogP contribution < -0.4 is 16.0 Å². The van der Waals surface area contributed by atoms with Gasteiger partial charge in [-0.15, -0.1) is 0 Å². The van der Waals surface area contributed by atoms with Crippen LogP contribution in [0.2, 0.25) is 0 Å². The van der Waals surface area contributed by atoms with Gasteiger partial charge in [0.25, 0.3) is 5.91 Å². The summed E-state index contributed by atoms with van der Waals surface area (Å²) < 4.78 is 0. The molecule has 1 atom stereocenters. The first-order chi connectivity index (χ1) is 11.5. The van der Waals surface area contributed by atoms with E-state index in [1.165, 1.54) is 0 Å². The van der Waals surface area contributed by atoms with Gasteiger partial charge in [-0.1, -0.05) is 19.9 Å². The molecule has 138 valence electrons. The Morgan fingerprint density at radius 2 is 1.80 bits per heavy atom. The van der Waals surface area contributed by atoms with E-state index in [0.29, 0.717) is 11.3 Å². The molecule has 7 nitrogen and oxygen atoms in total. The number of anilines is 1. The Hall–Kier alpha value is -2.57. The van der Waals surface area contributed by atoms with E-state index in [2.05, 4.69) is 16.0 Å². The lowest BCUT2D eigenvalue weighted by Gasteiger charge is -2.33. The van der Waals surface area contributed by atoms with Crippen molar-refractivity contribution in [1.29, 1.82) is 0 Å². The monoisotopic (exact) mass is 349 g/mol. The van der Waals surface area contributed by atoms with E-state index in [0.717, 1.165) is 0 Å². The molecule has 4 N–H and O–H groups in total. The summed E-state index contributed by atoms with van der Waals surface area (Å²) in [6.45, 7) is 9.12. The minimum absolute atomic E-state index is 0.00532. The molecule has 1 rings (SSSR count). The SMILES string of the molecule is CC(C)NC(=O)Nc1cccc(C(=O)NC(C)(CC(=O)O)C(C)C)c1. The van der Waals surface area contributed by atoms with Crippen molar-refractivity contribution < 1.29 is 19.5 Å². The van der Waals surface area contributed by atoms with Gasteiger partial charge in [-0.05, 0) is 44.9 Å². The largest absolute Gasteiger partial charge is 0.481 e. The molecule has 1 unspecified atom stereocenters. The molecule has 0 radical (unpaired) electrons. The third-order valence-electron chi connectivity index (χ3n) is 3.99. The van der Waals surface area contributed by atoms with E-state index in [9.17, 15) is 14.4 Å². The van der Waals surface area contributed by atoms with Gasteiger partial charge >= 0.3 is 12.0 Å². The molecule has 1 aromatic rings. The first kappa shape index (κ1) is 20.5. The average Bonchev–Trinajstić information content (AvgIpc) is 2.45. The van der Waals surface area contributed by atoms with Crippen LogP contribution in [0.5, 0.6) is 0 Å². The van der Waals surface area contributed by atoms with Gasteiger partial charge in [-0.2, -0.15) is 0 Å². The lowest BCUT2D eigenvalue weighted by molar-refractivity contribution is -0.138. The molecule has 1 aromatic carbocycles. The molecule has 0 spiro atoms. The number of hydrogen-bond acceptors (Lipinski definition) is 3. The molecule has 0 heterocycles. The molecule has 0 saturated carbocycles. The molecule has 0 aliphatic carbocycles. The van der Waals surface area contributed by atoms with Gasteiger partial charge in [0.1, 0.15) is 0 Å². The van der Waals surface area contributed by atoms with Crippen LogP contribution in [0.4, 0.5) is 10.5 Å². The number of nitrogens with one attached hydrogen (secondary N) is 3. The first-order valence-corrected chi connectivity index (χ1v) is 8.25. The van der Waals surface area contributed by atoms with Gasteiger partial charge in [0.15, 0.2) is 0 Å². The van der Waals surface area contributed by atoms with Crippen LogP contribution in [-0.2, 0) is 4.79 Å². The summed E-state index contributed by atoms with van der Waals surface area (Å²) >= 11 is 0. The Labute approximate surface area is 148 Å². The van der Waals surface area contributed by atoms with E-state index < -0.39 is 11.5 Å². The highest BCUT2D eigenvalue weighted by atomic mass is 16.4. The summed E-state index contributed by atoms with van der Waals surface area (Å²) in [5.74, 6) is -1.42. The molecule has 0 saturated heterocycles. The van der Waals surface area contributed by atoms with Crippen LogP contribution >= 0.6 is 0 Å². The predicted octanol–water partition coefficient (Wildman–Crippen LogP) is 2.84. The summed E-state index contributed by atoms with van der Waals surface area (Å²) in [6, 6.07) is 6.14. The fourth-order valence-corrected chi connectivity index (χ4v) is 2.21. The molecular formula is C18H27N3O4. The maximum atomic E-state index is 12.5. The lowest BCUT2D eigenvalue weighted by Crippen LogP contribution is -2.51. The van der Waals surface area contributed by atoms with Crippen molar-refractivity contribution in [3.05, 3.63) is 29.8 Å². The van der Waals surface area contributed by atoms with Crippen LogP contribution in [0.1, 0.15) is 51.4 Å². The minimum Gasteiger partial charge on any atom is -0.481 e. The number of carboxylic acids is 1. The van der Waals surface area contributed by atoms with Crippen molar-refractivity contribution >= 4 is 23.6 Å². The normalized spacial score (nSPS) is 13.2. The second-order valence-electron chi connectivity index (χ2n) is 6.93. The zero-order valence-corrected chi connectivity index (χ0v) is 15.3. The van der Waals surface area contributed by atoms with E-state index in [1.807, 2.05) is 27.7 Å². The molecule has 25 heavy (non-hydrogen) atoms. The zero-order chi connectivity index (χ0) is 19.2. The quantitative estimate of drug-likeness (QED) is 0.607. The fourth-order valence-electron chi connectivity index (χ4n) is 2.21. The summed E-state index contributed by atoms with van der Waals surface area (Å²) in [7, 11) is 0. The van der Waals surface area contributed by atoms with Crippen LogP contribution in [0.25, 0.3) is 0 Å². The Morgan fingerprint density at radius 3 is 2.32 bits per heavy atom. The highest BCUT2D eigenvalue weighted by molar-refractivity contribution is 5.97. The summed E-state index contributed by atoms with van der Waals surface area (Å²) in [5, 5.41) is 17.3. The maximum absolute atomic E-state index is 12.5. The van der Waals surface area contributed by atoms with E-state index in [1.54, 1.807) is 31.2 Å². The molecule has 0 aromatic heterocycles. The van der Waals surface area contributed by atoms with Gasteiger partial charge in [-0.3, -0.25) is 9.59 Å². The number of hydrogen-bond donors (Lipinski definition) is 4. The van der Waals surface area contributed by atoms with Crippen molar-refractivity contribution in [1.82, 2.24) is 10.6 Å². The number of carbonyl (C=O) groups excluding carboxylic acids is 2. The van der Waals surface area contributed by atoms with Crippen molar-refractivity contribution in [3.8, 4) is 0 Å². The van der Waals surface area contributed by atoms with E-state index in [4.69, 9.17) is 5.11 Å². The zero-order valence-electron chi connectivity index (χ0n) is 15.3. The summed E-state index contributed by atoms with van der Waals surface area (Å²) in [5.41, 5.74) is -0.0450. The fraction of sp³-hybridized carbons (Fsp3) is 0.500. The summed E-state index contributed by atoms with van der Waals surface area (Å²) in [4.78, 5) is 35.4. The maximum Gasteiger partial charge on any atom is 0.319 e. The van der Waals surface area contributed by atoms with Gasteiger partial charge in [0.05, 0.1) is 12.0 Å². The number of benzene rings is 1. The van der Waals surface area contributed by atoms with Crippen molar-refractivity contribution in [2.24, 2.45) is 5.92 Å². The number of amides is 3. The third-order valence-corrected chi connectivity index (χ3v) is 3.99. The topological polar surface area (TPSA) is 108 Å². The van der Waals surface area contributed by atoms with Crippen LogP contribution in [-0.4, -0.2) is 34.6 Å². The van der Waals surface area contributed by atoms with Gasteiger partial charge in [-0.25, -0.2) is 4.79 Å². The van der Waals surface area contributed by atoms with Crippen LogP contribution in [0.3, 0.4) is 0 Å². The lowest BCUT2D eigenvalue weighted by atomic mass is 9.85. The predicted molar refractivity (Wildman–Crippen MR) is 96.7 cm³/mol. The molecule has 7 heteroatoms. The molecule has 3 amide bonds. The standard InChI is InChI=1S/C18H27N3O4/c1-11(2)18(5,10-15(22)23)21-16(24)13-7-6-8-14(9-13)20-17(25)19-12(3)4/h6-9,11-12H,10H2,1-5H3,(H,21,24)(H,22,23)(H2,19,20,25). The van der Waals surface area contributed by atoms with Crippen LogP contribution in [0, 0.1) is 5.92 Å². The number of aliphatic carboxylic acids is 1. The highest BCUT2D eigenvalue weighted by Crippen LogP contribution is 2.22. The smallest absolute Gasteiger partial charge is 0.319 e. The first-order valence-electron chi connectivity index (χ1n) is 8.25. The highest BCUT2D eigenvalue weighted by Gasteiger charge is 2.33. The van der Waals surface area contributed by atoms with Crippen molar-refractivity contribution in [2.45, 2.75) is 52.6 Å². The molecule has 0 aliphatic heterocycles. The Kier molecular flexibility index (Phi) is 6.97. The average molecular weight is 349 g/mol. The Morgan fingerprint density at radius 1 is 1.16 bits per heavy atom. The molecule has 0 bridgehead atoms. The van der Waals surface area contributed by atoms with Gasteiger partial charge < -0.3 is 21.1 Å². The second kappa shape index (κ2) is 8.50. The number of rotatable bonds is 7. The Balaban J connectivity index is 2.89. The minimum atomic E-state index is -0.975. The van der Waals surface area contributed by atoms with Crippen LogP contribution in [0.15, 0.2) is 24.3 Å². The van der Waals surface area contributed by atoms with E-state index in [-0.39, 0.29) is 30.3 Å². The van der Waals surface area contributed by atoms with Crippen molar-refractivity contribution in [2.75, 3.05) is 5.32 Å². The second-order valence-corrected chi connectivity index (χ2v) is 6.93. The number of urea groups is 1. The third kappa shape index (κ3) is 6.45. The van der Waals surface area contributed by atoms with Gasteiger partial charge in [0, 0.05) is 17.3 Å². The Bertz CT molecular complexity index is 643. The molecule has 0 aliphatic rings. The number of carboxylic acid groups (broad SMARTS) is 1. The number of carbonyl (C=O) groups is 3. The van der Waals surface area contributed by atoms with Crippen molar-refractivity contribution in [3.63, 3.8) is 0 Å². The molecular weight excluding hydrogens is 322 g/mol. The molecule has 0 fully saturated rings.